The number of carbonyl (C=O) groups is 1. The Morgan fingerprint density at radius 3 is 2.73 bits per heavy atom. The number of aldehydes is 1. The minimum atomic E-state index is -0.0257. The van der Waals surface area contributed by atoms with Crippen LogP contribution in [0.15, 0.2) is 23.8 Å². The molecule has 0 bridgehead atoms. The predicted octanol–water partition coefficient (Wildman–Crippen LogP) is 2.91. The lowest BCUT2D eigenvalue weighted by Gasteiger charge is -1.99. The summed E-state index contributed by atoms with van der Waals surface area (Å²) in [6.07, 6.45) is 6.11. The highest BCUT2D eigenvalue weighted by Crippen LogP contribution is 2.08. The van der Waals surface area contributed by atoms with E-state index in [1.54, 1.807) is 6.08 Å². The fraction of sp³-hybridized carbons (Fsp3) is 0.444. The maximum absolute atomic E-state index is 10.3. The van der Waals surface area contributed by atoms with Gasteiger partial charge in [0.15, 0.2) is 0 Å². The monoisotopic (exact) mass is 172 g/mol. The van der Waals surface area contributed by atoms with E-state index in [1.165, 1.54) is 0 Å². The van der Waals surface area contributed by atoms with Gasteiger partial charge in [0.25, 0.3) is 0 Å². The fourth-order valence-electron chi connectivity index (χ4n) is 0.716. The molecule has 0 aliphatic carbocycles. The Hall–Kier alpha value is -0.560. The van der Waals surface area contributed by atoms with Crippen LogP contribution in [0.5, 0.6) is 0 Å². The van der Waals surface area contributed by atoms with E-state index in [1.807, 2.05) is 13.0 Å². The zero-order valence-corrected chi connectivity index (χ0v) is 7.47. The molecule has 0 rings (SSSR count). The molecule has 11 heavy (non-hydrogen) atoms. The highest BCUT2D eigenvalue weighted by Gasteiger charge is 1.98. The predicted molar refractivity (Wildman–Crippen MR) is 48.6 cm³/mol. The lowest BCUT2D eigenvalue weighted by molar-refractivity contribution is -0.110. The van der Waals surface area contributed by atoms with Crippen molar-refractivity contribution in [3.05, 3.63) is 23.8 Å². The van der Waals surface area contributed by atoms with Crippen LogP contribution in [-0.2, 0) is 4.79 Å². The second-order valence-corrected chi connectivity index (χ2v) is 3.00. The zero-order chi connectivity index (χ0) is 8.69. The molecule has 1 nitrogen and oxygen atoms in total. The Bertz CT molecular complexity index is 149. The molecular formula is C9H13ClO. The van der Waals surface area contributed by atoms with Crippen LogP contribution in [0.25, 0.3) is 0 Å². The van der Waals surface area contributed by atoms with E-state index in [-0.39, 0.29) is 5.92 Å². The normalized spacial score (nSPS) is 14.2. The van der Waals surface area contributed by atoms with Gasteiger partial charge in [0.1, 0.15) is 6.29 Å². The van der Waals surface area contributed by atoms with E-state index < -0.39 is 0 Å². The average molecular weight is 173 g/mol. The first-order chi connectivity index (χ1) is 5.20. The summed E-state index contributed by atoms with van der Waals surface area (Å²) in [5, 5.41) is 0.777. The van der Waals surface area contributed by atoms with Gasteiger partial charge >= 0.3 is 0 Å². The number of halogens is 1. The van der Waals surface area contributed by atoms with Crippen molar-refractivity contribution >= 4 is 17.9 Å². The molecule has 0 aromatic carbocycles. The van der Waals surface area contributed by atoms with E-state index in [4.69, 9.17) is 11.6 Å². The maximum Gasteiger partial charge on any atom is 0.126 e. The lowest BCUT2D eigenvalue weighted by Crippen LogP contribution is -1.95. The Morgan fingerprint density at radius 2 is 2.36 bits per heavy atom. The summed E-state index contributed by atoms with van der Waals surface area (Å²) in [7, 11) is 0. The zero-order valence-electron chi connectivity index (χ0n) is 6.72. The van der Waals surface area contributed by atoms with Gasteiger partial charge in [-0.1, -0.05) is 23.8 Å². The first-order valence-corrected chi connectivity index (χ1v) is 3.98. The summed E-state index contributed by atoms with van der Waals surface area (Å²) < 4.78 is 0. The second kappa shape index (κ2) is 6.17. The summed E-state index contributed by atoms with van der Waals surface area (Å²) in [6.45, 7) is 5.37. The minimum absolute atomic E-state index is 0.0257. The van der Waals surface area contributed by atoms with Gasteiger partial charge in [0.2, 0.25) is 0 Å². The summed E-state index contributed by atoms with van der Waals surface area (Å²) in [5.74, 6) is -0.0257. The molecule has 0 aromatic rings. The average Bonchev–Trinajstić information content (AvgIpc) is 1.98. The third-order valence-electron chi connectivity index (χ3n) is 1.40. The first kappa shape index (κ1) is 10.4. The van der Waals surface area contributed by atoms with Gasteiger partial charge < -0.3 is 4.79 Å². The SMILES string of the molecule is C=CC(C=O)CC/C=C(\C)Cl. The molecule has 0 fully saturated rings. The smallest absolute Gasteiger partial charge is 0.126 e. The van der Waals surface area contributed by atoms with Crippen molar-refractivity contribution in [2.45, 2.75) is 19.8 Å². The van der Waals surface area contributed by atoms with Gasteiger partial charge in [-0.2, -0.15) is 0 Å². The van der Waals surface area contributed by atoms with Crippen molar-refractivity contribution in [3.8, 4) is 0 Å². The molecule has 0 radical (unpaired) electrons. The summed E-state index contributed by atoms with van der Waals surface area (Å²) >= 11 is 5.59. The third-order valence-corrected chi connectivity index (χ3v) is 1.56. The summed E-state index contributed by atoms with van der Waals surface area (Å²) in [4.78, 5) is 10.3. The van der Waals surface area contributed by atoms with Crippen molar-refractivity contribution in [3.63, 3.8) is 0 Å². The molecule has 0 amide bonds. The molecule has 0 aliphatic rings. The van der Waals surface area contributed by atoms with E-state index >= 15 is 0 Å². The van der Waals surface area contributed by atoms with Crippen LogP contribution < -0.4 is 0 Å². The molecule has 0 saturated carbocycles. The summed E-state index contributed by atoms with van der Waals surface area (Å²) in [6, 6.07) is 0. The number of carbonyl (C=O) groups excluding carboxylic acids is 1. The molecule has 0 aliphatic heterocycles. The van der Waals surface area contributed by atoms with Crippen molar-refractivity contribution in [1.29, 1.82) is 0 Å². The highest BCUT2D eigenvalue weighted by molar-refractivity contribution is 6.29. The Balaban J connectivity index is 3.59. The van der Waals surface area contributed by atoms with E-state index in [2.05, 4.69) is 6.58 Å². The molecule has 2 heteroatoms. The van der Waals surface area contributed by atoms with Gasteiger partial charge in [-0.05, 0) is 19.8 Å². The maximum atomic E-state index is 10.3. The summed E-state index contributed by atoms with van der Waals surface area (Å²) in [5.41, 5.74) is 0. The van der Waals surface area contributed by atoms with Crippen LogP contribution in [0.3, 0.4) is 0 Å². The molecule has 1 atom stereocenters. The molecule has 0 saturated heterocycles. The van der Waals surface area contributed by atoms with Crippen LogP contribution in [0.1, 0.15) is 19.8 Å². The van der Waals surface area contributed by atoms with Crippen molar-refractivity contribution < 1.29 is 4.79 Å². The van der Waals surface area contributed by atoms with Gasteiger partial charge in [-0.3, -0.25) is 0 Å². The largest absolute Gasteiger partial charge is 0.303 e. The number of hydrogen-bond acceptors (Lipinski definition) is 1. The van der Waals surface area contributed by atoms with Gasteiger partial charge in [-0.15, -0.1) is 6.58 Å². The topological polar surface area (TPSA) is 17.1 Å². The van der Waals surface area contributed by atoms with Crippen molar-refractivity contribution in [2.75, 3.05) is 0 Å². The van der Waals surface area contributed by atoms with E-state index in [0.717, 1.165) is 24.2 Å². The number of allylic oxidation sites excluding steroid dienone is 3. The molecule has 62 valence electrons. The Morgan fingerprint density at radius 1 is 1.73 bits per heavy atom. The van der Waals surface area contributed by atoms with Crippen LogP contribution >= 0.6 is 11.6 Å². The van der Waals surface area contributed by atoms with Crippen LogP contribution in [0, 0.1) is 5.92 Å². The van der Waals surface area contributed by atoms with E-state index in [0.29, 0.717) is 0 Å². The molecular weight excluding hydrogens is 160 g/mol. The Kier molecular flexibility index (Phi) is 5.86. The quantitative estimate of drug-likeness (QED) is 0.461. The van der Waals surface area contributed by atoms with Gasteiger partial charge in [0.05, 0.1) is 0 Å². The Labute approximate surface area is 72.7 Å². The molecule has 0 aromatic heterocycles. The van der Waals surface area contributed by atoms with Crippen molar-refractivity contribution in [2.24, 2.45) is 5.92 Å². The second-order valence-electron chi connectivity index (χ2n) is 2.40. The van der Waals surface area contributed by atoms with Gasteiger partial charge in [0, 0.05) is 11.0 Å². The van der Waals surface area contributed by atoms with Crippen LogP contribution in [0.2, 0.25) is 0 Å². The van der Waals surface area contributed by atoms with Crippen LogP contribution in [0.4, 0.5) is 0 Å². The van der Waals surface area contributed by atoms with Gasteiger partial charge in [-0.25, -0.2) is 0 Å². The van der Waals surface area contributed by atoms with Crippen LogP contribution in [-0.4, -0.2) is 6.29 Å². The standard InChI is InChI=1S/C9H13ClO/c1-3-9(7-11)6-4-5-8(2)10/h3,5,7,9H,1,4,6H2,2H3/b8-5+. The number of hydrogen-bond donors (Lipinski definition) is 0. The molecule has 1 unspecified atom stereocenters. The third kappa shape index (κ3) is 5.86. The molecule has 0 heterocycles. The van der Waals surface area contributed by atoms with Crippen molar-refractivity contribution in [1.82, 2.24) is 0 Å². The molecule has 0 spiro atoms. The first-order valence-electron chi connectivity index (χ1n) is 3.60. The highest BCUT2D eigenvalue weighted by atomic mass is 35.5. The number of rotatable bonds is 5. The minimum Gasteiger partial charge on any atom is -0.303 e. The van der Waals surface area contributed by atoms with E-state index in [9.17, 15) is 4.79 Å². The fourth-order valence-corrected chi connectivity index (χ4v) is 0.825. The lowest BCUT2D eigenvalue weighted by atomic mass is 10.1. The molecule has 0 N–H and O–H groups in total.